The van der Waals surface area contributed by atoms with Crippen molar-refractivity contribution in [3.8, 4) is 0 Å². The summed E-state index contributed by atoms with van der Waals surface area (Å²) in [5, 5.41) is 19.8. The van der Waals surface area contributed by atoms with Crippen LogP contribution in [0.2, 0.25) is 0 Å². The first-order chi connectivity index (χ1) is 9.81. The molecule has 1 aromatic rings. The maximum atomic E-state index is 11.8. The van der Waals surface area contributed by atoms with E-state index in [4.69, 9.17) is 14.5 Å². The smallest absolute Gasteiger partial charge is 0.328 e. The largest absolute Gasteiger partial charge is 0.387 e. The molecule has 1 saturated heterocycles. The van der Waals surface area contributed by atoms with Gasteiger partial charge in [0.05, 0.1) is 12.2 Å². The summed E-state index contributed by atoms with van der Waals surface area (Å²) < 4.78 is 11.0. The highest BCUT2D eigenvalue weighted by Gasteiger charge is 2.44. The molecule has 5 N–H and O–H groups in total. The molecule has 0 aliphatic carbocycles. The number of rotatable bonds is 4. The van der Waals surface area contributed by atoms with Crippen LogP contribution in [0.5, 0.6) is 0 Å². The Morgan fingerprint density at radius 3 is 2.67 bits per heavy atom. The van der Waals surface area contributed by atoms with Gasteiger partial charge >= 0.3 is 14.3 Å². The second-order valence-corrected chi connectivity index (χ2v) is 5.34. The standard InChI is InChI=1S/C10H15N2O8P/c1-12-2-4(9(15)11-10(12)16)8-7(14)6(13)5(20-8)3-19-21(17)18/h2,5-8,13-14,17-18H,3H2,1H3,(H,11,15,16). The van der Waals surface area contributed by atoms with E-state index in [2.05, 4.69) is 9.51 Å². The van der Waals surface area contributed by atoms with Crippen LogP contribution < -0.4 is 11.2 Å². The van der Waals surface area contributed by atoms with Crippen LogP contribution in [0.4, 0.5) is 0 Å². The minimum Gasteiger partial charge on any atom is -0.387 e. The van der Waals surface area contributed by atoms with Crippen molar-refractivity contribution in [2.24, 2.45) is 7.05 Å². The van der Waals surface area contributed by atoms with Gasteiger partial charge in [-0.25, -0.2) is 4.79 Å². The molecular weight excluding hydrogens is 307 g/mol. The number of aryl methyl sites for hydroxylation is 1. The van der Waals surface area contributed by atoms with Crippen molar-refractivity contribution in [1.29, 1.82) is 0 Å². The number of aliphatic hydroxyl groups is 2. The van der Waals surface area contributed by atoms with Gasteiger partial charge in [-0.05, 0) is 0 Å². The summed E-state index contributed by atoms with van der Waals surface area (Å²) in [6.45, 7) is -0.364. The van der Waals surface area contributed by atoms with Crippen molar-refractivity contribution in [3.63, 3.8) is 0 Å². The summed E-state index contributed by atoms with van der Waals surface area (Å²) in [4.78, 5) is 42.4. The summed E-state index contributed by atoms with van der Waals surface area (Å²) in [5.74, 6) is 0. The molecule has 1 aliphatic heterocycles. The Morgan fingerprint density at radius 1 is 1.38 bits per heavy atom. The van der Waals surface area contributed by atoms with Crippen molar-refractivity contribution < 1.29 is 29.3 Å². The molecule has 2 rings (SSSR count). The maximum absolute atomic E-state index is 11.8. The fourth-order valence-electron chi connectivity index (χ4n) is 2.07. The lowest BCUT2D eigenvalue weighted by molar-refractivity contribution is -0.0195. The SMILES string of the molecule is Cn1cc(C2OC(COP(O)O)C(O)C2O)c(=O)[nH]c1=O. The fraction of sp³-hybridized carbons (Fsp3) is 0.600. The first-order valence-electron chi connectivity index (χ1n) is 5.93. The van der Waals surface area contributed by atoms with E-state index < -0.39 is 44.3 Å². The average molecular weight is 322 g/mol. The van der Waals surface area contributed by atoms with E-state index in [9.17, 15) is 19.8 Å². The Bertz CT molecular complexity index is 614. The zero-order chi connectivity index (χ0) is 15.7. The van der Waals surface area contributed by atoms with Crippen LogP contribution in [0.1, 0.15) is 11.7 Å². The number of hydrogen-bond donors (Lipinski definition) is 5. The molecule has 10 nitrogen and oxygen atoms in total. The van der Waals surface area contributed by atoms with Gasteiger partial charge in [0.1, 0.15) is 24.4 Å². The highest BCUT2D eigenvalue weighted by atomic mass is 31.2. The van der Waals surface area contributed by atoms with Crippen LogP contribution in [0.15, 0.2) is 15.8 Å². The number of H-pyrrole nitrogens is 1. The molecule has 0 bridgehead atoms. The quantitative estimate of drug-likeness (QED) is 0.380. The number of aromatic nitrogens is 2. The van der Waals surface area contributed by atoms with E-state index in [1.807, 2.05) is 0 Å². The van der Waals surface area contributed by atoms with Gasteiger partial charge < -0.3 is 33.8 Å². The summed E-state index contributed by atoms with van der Waals surface area (Å²) in [5.41, 5.74) is -1.38. The first kappa shape index (κ1) is 16.2. The third-order valence-corrected chi connectivity index (χ3v) is 3.54. The van der Waals surface area contributed by atoms with Crippen molar-refractivity contribution in [2.75, 3.05) is 6.61 Å². The van der Waals surface area contributed by atoms with Gasteiger partial charge in [0, 0.05) is 13.2 Å². The first-order valence-corrected chi connectivity index (χ1v) is 7.10. The number of aromatic amines is 1. The Labute approximate surface area is 119 Å². The molecule has 21 heavy (non-hydrogen) atoms. The van der Waals surface area contributed by atoms with Gasteiger partial charge in [0.2, 0.25) is 0 Å². The topological polar surface area (TPSA) is 154 Å². The van der Waals surface area contributed by atoms with Gasteiger partial charge in [0.25, 0.3) is 5.56 Å². The van der Waals surface area contributed by atoms with Crippen LogP contribution in [-0.2, 0) is 16.3 Å². The Kier molecular flexibility index (Phi) is 4.89. The molecule has 0 saturated carbocycles. The number of nitrogens with one attached hydrogen (secondary N) is 1. The molecule has 0 aromatic carbocycles. The lowest BCUT2D eigenvalue weighted by Gasteiger charge is -2.14. The highest BCUT2D eigenvalue weighted by molar-refractivity contribution is 7.39. The average Bonchev–Trinajstić information content (AvgIpc) is 2.68. The molecule has 2 heterocycles. The van der Waals surface area contributed by atoms with Crippen molar-refractivity contribution in [1.82, 2.24) is 9.55 Å². The molecule has 0 amide bonds. The van der Waals surface area contributed by atoms with Crippen LogP contribution in [0.25, 0.3) is 0 Å². The van der Waals surface area contributed by atoms with Crippen molar-refractivity contribution in [2.45, 2.75) is 24.4 Å². The lowest BCUT2D eigenvalue weighted by Crippen LogP contribution is -2.35. The molecular formula is C10H15N2O8P. The number of aliphatic hydroxyl groups excluding tert-OH is 2. The second-order valence-electron chi connectivity index (χ2n) is 4.58. The third kappa shape index (κ3) is 3.38. The monoisotopic (exact) mass is 322 g/mol. The highest BCUT2D eigenvalue weighted by Crippen LogP contribution is 2.34. The van der Waals surface area contributed by atoms with Crippen molar-refractivity contribution >= 4 is 8.60 Å². The zero-order valence-electron chi connectivity index (χ0n) is 10.9. The molecule has 4 unspecified atom stereocenters. The number of ether oxygens (including phenoxy) is 1. The van der Waals surface area contributed by atoms with Crippen LogP contribution in [-0.4, -0.2) is 54.5 Å². The molecule has 0 spiro atoms. The van der Waals surface area contributed by atoms with E-state index in [0.29, 0.717) is 0 Å². The normalized spacial score (nSPS) is 29.2. The van der Waals surface area contributed by atoms with Gasteiger partial charge in [0.15, 0.2) is 0 Å². The molecule has 4 atom stereocenters. The van der Waals surface area contributed by atoms with E-state index in [0.717, 1.165) is 4.57 Å². The van der Waals surface area contributed by atoms with E-state index >= 15 is 0 Å². The molecule has 1 aromatic heterocycles. The molecule has 118 valence electrons. The molecule has 1 fully saturated rings. The van der Waals surface area contributed by atoms with E-state index in [1.165, 1.54) is 13.2 Å². The Hall–Kier alpha value is -1.13. The molecule has 1 aliphatic rings. The Balaban J connectivity index is 2.23. The lowest BCUT2D eigenvalue weighted by atomic mass is 10.0. The predicted octanol–water partition coefficient (Wildman–Crippen LogP) is -2.54. The summed E-state index contributed by atoms with van der Waals surface area (Å²) >= 11 is 0. The Morgan fingerprint density at radius 2 is 2.05 bits per heavy atom. The van der Waals surface area contributed by atoms with Crippen LogP contribution in [0.3, 0.4) is 0 Å². The molecule has 0 radical (unpaired) electrons. The maximum Gasteiger partial charge on any atom is 0.328 e. The van der Waals surface area contributed by atoms with E-state index in [1.54, 1.807) is 0 Å². The van der Waals surface area contributed by atoms with Gasteiger partial charge in [-0.15, -0.1) is 0 Å². The minimum absolute atomic E-state index is 0.0265. The summed E-state index contributed by atoms with van der Waals surface area (Å²) in [6.07, 6.45) is -3.78. The van der Waals surface area contributed by atoms with Crippen LogP contribution >= 0.6 is 8.60 Å². The van der Waals surface area contributed by atoms with Gasteiger partial charge in [-0.1, -0.05) is 0 Å². The summed E-state index contributed by atoms with van der Waals surface area (Å²) in [6, 6.07) is 0. The number of hydrogen-bond acceptors (Lipinski definition) is 8. The van der Waals surface area contributed by atoms with Gasteiger partial charge in [-0.3, -0.25) is 9.78 Å². The predicted molar refractivity (Wildman–Crippen MR) is 69.2 cm³/mol. The second kappa shape index (κ2) is 6.32. The number of nitrogens with zero attached hydrogens (tertiary/aromatic N) is 1. The fourth-order valence-corrected chi connectivity index (χ4v) is 2.35. The zero-order valence-corrected chi connectivity index (χ0v) is 11.8. The third-order valence-electron chi connectivity index (χ3n) is 3.16. The van der Waals surface area contributed by atoms with Crippen molar-refractivity contribution in [3.05, 3.63) is 32.6 Å². The van der Waals surface area contributed by atoms with Gasteiger partial charge in [-0.2, -0.15) is 0 Å². The summed E-state index contributed by atoms with van der Waals surface area (Å²) in [7, 11) is -1.21. The van der Waals surface area contributed by atoms with Crippen LogP contribution in [0, 0.1) is 0 Å². The van der Waals surface area contributed by atoms with E-state index in [-0.39, 0.29) is 12.2 Å². The minimum atomic E-state index is -2.62. The molecule has 11 heteroatoms.